The molecule has 2 rings (SSSR count). The smallest absolute Gasteiger partial charge is 0.272 e. The molecule has 0 unspecified atom stereocenters. The first kappa shape index (κ1) is 17.5. The predicted molar refractivity (Wildman–Crippen MR) is 92.4 cm³/mol. The van der Waals surface area contributed by atoms with Gasteiger partial charge in [-0.15, -0.1) is 0 Å². The number of anilines is 1. The van der Waals surface area contributed by atoms with Gasteiger partial charge >= 0.3 is 0 Å². The van der Waals surface area contributed by atoms with Gasteiger partial charge in [-0.1, -0.05) is 19.9 Å². The number of amides is 1. The van der Waals surface area contributed by atoms with E-state index in [1.807, 2.05) is 0 Å². The highest BCUT2D eigenvalue weighted by Gasteiger charge is 2.15. The number of hydrogen-bond donors (Lipinski definition) is 2. The largest absolute Gasteiger partial charge is 0.507 e. The van der Waals surface area contributed by atoms with Crippen LogP contribution in [0.25, 0.3) is 0 Å². The molecule has 2 aromatic carbocycles. The van der Waals surface area contributed by atoms with Crippen molar-refractivity contribution >= 4 is 17.3 Å². The SMILES string of the molecule is Cc1cc(NC(=O)c2cc(CC(C)C)ccc2O)ccc1[N+](=O)[O-]. The number of carbonyl (C=O) groups is 1. The standard InChI is InChI=1S/C18H20N2O4/c1-11(2)8-13-4-7-17(21)15(10-13)18(22)19-14-5-6-16(20(23)24)12(3)9-14/h4-7,9-11,21H,8H2,1-3H3,(H,19,22). The molecule has 6 nitrogen and oxygen atoms in total. The van der Waals surface area contributed by atoms with Crippen LogP contribution in [0.4, 0.5) is 11.4 Å². The van der Waals surface area contributed by atoms with E-state index in [1.165, 1.54) is 24.3 Å². The Morgan fingerprint density at radius 2 is 1.96 bits per heavy atom. The summed E-state index contributed by atoms with van der Waals surface area (Å²) in [6.45, 7) is 5.76. The Bertz CT molecular complexity index is 785. The minimum atomic E-state index is -0.470. The summed E-state index contributed by atoms with van der Waals surface area (Å²) in [5, 5.41) is 23.4. The van der Waals surface area contributed by atoms with Crippen molar-refractivity contribution in [1.82, 2.24) is 0 Å². The van der Waals surface area contributed by atoms with Crippen LogP contribution in [0.5, 0.6) is 5.75 Å². The molecular weight excluding hydrogens is 308 g/mol. The number of hydrogen-bond acceptors (Lipinski definition) is 4. The first-order valence-corrected chi connectivity index (χ1v) is 7.66. The van der Waals surface area contributed by atoms with Gasteiger partial charge in [0.15, 0.2) is 0 Å². The van der Waals surface area contributed by atoms with Crippen molar-refractivity contribution in [3.8, 4) is 5.75 Å². The van der Waals surface area contributed by atoms with Gasteiger partial charge in [0.25, 0.3) is 11.6 Å². The average Bonchev–Trinajstić information content (AvgIpc) is 2.48. The second kappa shape index (κ2) is 7.12. The van der Waals surface area contributed by atoms with Crippen LogP contribution in [0.2, 0.25) is 0 Å². The molecule has 0 fully saturated rings. The number of aryl methyl sites for hydroxylation is 1. The van der Waals surface area contributed by atoms with Gasteiger partial charge < -0.3 is 10.4 Å². The van der Waals surface area contributed by atoms with E-state index in [-0.39, 0.29) is 17.0 Å². The molecule has 1 amide bonds. The Kier molecular flexibility index (Phi) is 5.18. The molecule has 0 aliphatic rings. The van der Waals surface area contributed by atoms with Crippen LogP contribution in [0.15, 0.2) is 36.4 Å². The van der Waals surface area contributed by atoms with E-state index in [4.69, 9.17) is 0 Å². The Morgan fingerprint density at radius 1 is 1.25 bits per heavy atom. The zero-order valence-corrected chi connectivity index (χ0v) is 13.9. The third-order valence-electron chi connectivity index (χ3n) is 3.60. The molecule has 0 spiro atoms. The monoisotopic (exact) mass is 328 g/mol. The van der Waals surface area contributed by atoms with Crippen LogP contribution in [0.3, 0.4) is 0 Å². The van der Waals surface area contributed by atoms with E-state index in [1.54, 1.807) is 19.1 Å². The molecule has 126 valence electrons. The Labute approximate surface area is 140 Å². The van der Waals surface area contributed by atoms with Gasteiger partial charge in [0.2, 0.25) is 0 Å². The molecule has 0 saturated heterocycles. The minimum absolute atomic E-state index is 0.00484. The molecule has 24 heavy (non-hydrogen) atoms. The summed E-state index contributed by atoms with van der Waals surface area (Å²) in [6.07, 6.45) is 0.803. The van der Waals surface area contributed by atoms with E-state index in [0.29, 0.717) is 17.2 Å². The Balaban J connectivity index is 2.23. The number of nitrogens with zero attached hydrogens (tertiary/aromatic N) is 1. The number of nitro groups is 1. The number of nitro benzene ring substituents is 1. The predicted octanol–water partition coefficient (Wildman–Crippen LogP) is 4.06. The van der Waals surface area contributed by atoms with Crippen molar-refractivity contribution in [3.63, 3.8) is 0 Å². The van der Waals surface area contributed by atoms with Crippen molar-refractivity contribution in [1.29, 1.82) is 0 Å². The van der Waals surface area contributed by atoms with Crippen molar-refractivity contribution in [2.24, 2.45) is 5.92 Å². The molecule has 0 saturated carbocycles. The van der Waals surface area contributed by atoms with E-state index < -0.39 is 10.8 Å². The van der Waals surface area contributed by atoms with Crippen LogP contribution in [0.1, 0.15) is 35.3 Å². The van der Waals surface area contributed by atoms with Crippen molar-refractivity contribution in [3.05, 3.63) is 63.2 Å². The van der Waals surface area contributed by atoms with Gasteiger partial charge in [-0.25, -0.2) is 0 Å². The number of aromatic hydroxyl groups is 1. The first-order chi connectivity index (χ1) is 11.3. The second-order valence-electron chi connectivity index (χ2n) is 6.16. The lowest BCUT2D eigenvalue weighted by Gasteiger charge is -2.11. The Hall–Kier alpha value is -2.89. The van der Waals surface area contributed by atoms with Gasteiger partial charge in [-0.2, -0.15) is 0 Å². The van der Waals surface area contributed by atoms with Crippen LogP contribution < -0.4 is 5.32 Å². The molecule has 2 N–H and O–H groups in total. The molecule has 2 aromatic rings. The van der Waals surface area contributed by atoms with Crippen LogP contribution >= 0.6 is 0 Å². The number of nitrogens with one attached hydrogen (secondary N) is 1. The molecule has 0 radical (unpaired) electrons. The summed E-state index contributed by atoms with van der Waals surface area (Å²) in [6, 6.07) is 9.32. The highest BCUT2D eigenvalue weighted by atomic mass is 16.6. The van der Waals surface area contributed by atoms with E-state index in [0.717, 1.165) is 12.0 Å². The number of carbonyl (C=O) groups excluding carboxylic acids is 1. The van der Waals surface area contributed by atoms with E-state index in [9.17, 15) is 20.0 Å². The Morgan fingerprint density at radius 3 is 2.54 bits per heavy atom. The van der Waals surface area contributed by atoms with Gasteiger partial charge in [0, 0.05) is 17.3 Å². The van der Waals surface area contributed by atoms with E-state index in [2.05, 4.69) is 19.2 Å². The summed E-state index contributed by atoms with van der Waals surface area (Å²) in [5.74, 6) is -0.118. The maximum Gasteiger partial charge on any atom is 0.272 e. The summed E-state index contributed by atoms with van der Waals surface area (Å²) < 4.78 is 0. The molecular formula is C18H20N2O4. The lowest BCUT2D eigenvalue weighted by Crippen LogP contribution is -2.13. The van der Waals surface area contributed by atoms with Gasteiger partial charge in [0.1, 0.15) is 5.75 Å². The van der Waals surface area contributed by atoms with Crippen molar-refractivity contribution < 1.29 is 14.8 Å². The molecule has 0 aliphatic heterocycles. The molecule has 0 aromatic heterocycles. The number of phenolic OH excluding ortho intramolecular Hbond substituents is 1. The highest BCUT2D eigenvalue weighted by Crippen LogP contribution is 2.24. The minimum Gasteiger partial charge on any atom is -0.507 e. The zero-order chi connectivity index (χ0) is 17.9. The zero-order valence-electron chi connectivity index (χ0n) is 13.9. The third kappa shape index (κ3) is 4.10. The third-order valence-corrected chi connectivity index (χ3v) is 3.60. The molecule has 0 aliphatic carbocycles. The molecule has 0 heterocycles. The van der Waals surface area contributed by atoms with Gasteiger partial charge in [-0.05, 0) is 49.1 Å². The van der Waals surface area contributed by atoms with Crippen LogP contribution in [-0.2, 0) is 6.42 Å². The fraction of sp³-hybridized carbons (Fsp3) is 0.278. The molecule has 0 bridgehead atoms. The summed E-state index contributed by atoms with van der Waals surface area (Å²) >= 11 is 0. The van der Waals surface area contributed by atoms with Gasteiger partial charge in [-0.3, -0.25) is 14.9 Å². The molecule has 0 atom stereocenters. The normalized spacial score (nSPS) is 10.7. The van der Waals surface area contributed by atoms with E-state index >= 15 is 0 Å². The number of phenols is 1. The maximum atomic E-state index is 12.4. The lowest BCUT2D eigenvalue weighted by atomic mass is 10.00. The second-order valence-corrected chi connectivity index (χ2v) is 6.16. The summed E-state index contributed by atoms with van der Waals surface area (Å²) in [5.41, 5.74) is 2.04. The lowest BCUT2D eigenvalue weighted by molar-refractivity contribution is -0.385. The van der Waals surface area contributed by atoms with Crippen LogP contribution in [0, 0.1) is 23.0 Å². The van der Waals surface area contributed by atoms with Crippen molar-refractivity contribution in [2.45, 2.75) is 27.2 Å². The number of benzene rings is 2. The summed E-state index contributed by atoms with van der Waals surface area (Å²) in [7, 11) is 0. The topological polar surface area (TPSA) is 92.5 Å². The fourth-order valence-electron chi connectivity index (χ4n) is 2.50. The molecule has 6 heteroatoms. The highest BCUT2D eigenvalue weighted by molar-refractivity contribution is 6.06. The first-order valence-electron chi connectivity index (χ1n) is 7.66. The van der Waals surface area contributed by atoms with Crippen LogP contribution in [-0.4, -0.2) is 15.9 Å². The average molecular weight is 328 g/mol. The van der Waals surface area contributed by atoms with Gasteiger partial charge in [0.05, 0.1) is 10.5 Å². The maximum absolute atomic E-state index is 12.4. The van der Waals surface area contributed by atoms with Crippen molar-refractivity contribution in [2.75, 3.05) is 5.32 Å². The fourth-order valence-corrected chi connectivity index (χ4v) is 2.50. The summed E-state index contributed by atoms with van der Waals surface area (Å²) in [4.78, 5) is 22.8. The number of rotatable bonds is 5. The quantitative estimate of drug-likeness (QED) is 0.639.